The maximum Gasteiger partial charge on any atom is 0.0547 e. The second-order valence-electron chi connectivity index (χ2n) is 9.92. The van der Waals surface area contributed by atoms with Gasteiger partial charge in [0.25, 0.3) is 0 Å². The van der Waals surface area contributed by atoms with E-state index in [1.807, 2.05) is 11.3 Å². The van der Waals surface area contributed by atoms with Gasteiger partial charge in [0.1, 0.15) is 0 Å². The first-order valence-corrected chi connectivity index (χ1v) is 14.7. The van der Waals surface area contributed by atoms with Crippen molar-refractivity contribution in [2.45, 2.75) is 0 Å². The summed E-state index contributed by atoms with van der Waals surface area (Å²) in [7, 11) is 0. The monoisotopic (exact) mass is 579 g/mol. The molecular weight excluding hydrogens is 558 g/mol. The zero-order valence-corrected chi connectivity index (χ0v) is 23.3. The van der Waals surface area contributed by atoms with Crippen LogP contribution < -0.4 is 0 Å². The lowest BCUT2D eigenvalue weighted by Crippen LogP contribution is -1.94. The first kappa shape index (κ1) is 22.8. The van der Waals surface area contributed by atoms with Gasteiger partial charge in [-0.2, -0.15) is 0 Å². The normalized spacial score (nSPS) is 11.7. The molecule has 6 aromatic carbocycles. The Bertz CT molecular complexity index is 2200. The van der Waals surface area contributed by atoms with Crippen molar-refractivity contribution in [2.75, 3.05) is 0 Å². The summed E-state index contributed by atoms with van der Waals surface area (Å²) in [4.78, 5) is 0. The third-order valence-corrected chi connectivity index (χ3v) is 9.31. The quantitative estimate of drug-likeness (QED) is 0.196. The minimum Gasteiger partial charge on any atom is -0.309 e. The fourth-order valence-corrected chi connectivity index (χ4v) is 7.40. The molecule has 8 rings (SSSR count). The topological polar surface area (TPSA) is 4.93 Å². The Labute approximate surface area is 238 Å². The predicted octanol–water partition coefficient (Wildman–Crippen LogP) is 11.2. The van der Waals surface area contributed by atoms with Gasteiger partial charge in [0.2, 0.25) is 0 Å². The second kappa shape index (κ2) is 8.94. The molecule has 0 bridgehead atoms. The van der Waals surface area contributed by atoms with Gasteiger partial charge in [-0.3, -0.25) is 0 Å². The van der Waals surface area contributed by atoms with E-state index in [-0.39, 0.29) is 0 Å². The number of fused-ring (bicyclic) bond motifs is 6. The maximum absolute atomic E-state index is 3.65. The molecule has 0 atom stereocenters. The van der Waals surface area contributed by atoms with E-state index in [1.165, 1.54) is 69.9 Å². The SMILES string of the molecule is Brc1cccc(-c2ccccc2-c2ccc3c4ccccc4n(-c4ccc5sc6ccccc6c5c4)c3c2)c1. The molecule has 39 heavy (non-hydrogen) atoms. The highest BCUT2D eigenvalue weighted by atomic mass is 79.9. The van der Waals surface area contributed by atoms with Crippen molar-refractivity contribution < 1.29 is 0 Å². The molecule has 8 aromatic rings. The number of rotatable bonds is 3. The largest absolute Gasteiger partial charge is 0.309 e. The molecule has 0 saturated carbocycles. The molecule has 3 heteroatoms. The number of para-hydroxylation sites is 1. The van der Waals surface area contributed by atoms with Crippen LogP contribution in [0.5, 0.6) is 0 Å². The van der Waals surface area contributed by atoms with Gasteiger partial charge in [-0.05, 0) is 70.8 Å². The van der Waals surface area contributed by atoms with Gasteiger partial charge in [-0.1, -0.05) is 101 Å². The van der Waals surface area contributed by atoms with Crippen LogP contribution in [0, 0.1) is 0 Å². The Morgan fingerprint density at radius 1 is 0.462 bits per heavy atom. The van der Waals surface area contributed by atoms with E-state index in [9.17, 15) is 0 Å². The van der Waals surface area contributed by atoms with Gasteiger partial charge >= 0.3 is 0 Å². The Morgan fingerprint density at radius 2 is 1.15 bits per heavy atom. The molecule has 0 saturated heterocycles. The Hall–Kier alpha value is -4.18. The van der Waals surface area contributed by atoms with Crippen molar-refractivity contribution in [1.29, 1.82) is 0 Å². The first-order valence-electron chi connectivity index (χ1n) is 13.0. The third-order valence-electron chi connectivity index (χ3n) is 7.67. The molecule has 0 amide bonds. The molecule has 0 aliphatic heterocycles. The number of thiophene rings is 1. The zero-order chi connectivity index (χ0) is 25.9. The zero-order valence-electron chi connectivity index (χ0n) is 20.9. The highest BCUT2D eigenvalue weighted by molar-refractivity contribution is 9.10. The molecular formula is C36H22BrNS. The molecule has 2 heterocycles. The molecule has 0 unspecified atom stereocenters. The molecule has 0 spiro atoms. The van der Waals surface area contributed by atoms with Crippen molar-refractivity contribution >= 4 is 69.2 Å². The summed E-state index contributed by atoms with van der Waals surface area (Å²) >= 11 is 5.52. The molecule has 0 fully saturated rings. The Balaban J connectivity index is 1.40. The van der Waals surface area contributed by atoms with Crippen LogP contribution in [0.1, 0.15) is 0 Å². The molecule has 2 aromatic heterocycles. The van der Waals surface area contributed by atoms with Gasteiger partial charge < -0.3 is 4.57 Å². The summed E-state index contributed by atoms with van der Waals surface area (Å²) in [6.45, 7) is 0. The lowest BCUT2D eigenvalue weighted by Gasteiger charge is -2.12. The van der Waals surface area contributed by atoms with Crippen LogP contribution in [0.25, 0.3) is 69.9 Å². The van der Waals surface area contributed by atoms with E-state index in [0.717, 1.165) is 4.47 Å². The van der Waals surface area contributed by atoms with Crippen LogP contribution in [0.4, 0.5) is 0 Å². The number of halogens is 1. The van der Waals surface area contributed by atoms with Crippen LogP contribution in [-0.2, 0) is 0 Å². The van der Waals surface area contributed by atoms with Crippen LogP contribution >= 0.6 is 27.3 Å². The van der Waals surface area contributed by atoms with Crippen LogP contribution in [-0.4, -0.2) is 4.57 Å². The Morgan fingerprint density at radius 3 is 2.00 bits per heavy atom. The molecule has 184 valence electrons. The first-order chi connectivity index (χ1) is 19.2. The molecule has 0 radical (unpaired) electrons. The summed E-state index contributed by atoms with van der Waals surface area (Å²) in [5.41, 5.74) is 8.51. The fourth-order valence-electron chi connectivity index (χ4n) is 5.91. The van der Waals surface area contributed by atoms with E-state index in [4.69, 9.17) is 0 Å². The lowest BCUT2D eigenvalue weighted by molar-refractivity contribution is 1.19. The van der Waals surface area contributed by atoms with Crippen LogP contribution in [0.3, 0.4) is 0 Å². The van der Waals surface area contributed by atoms with E-state index >= 15 is 0 Å². The Kier molecular flexibility index (Phi) is 5.22. The number of benzene rings is 6. The number of hydrogen-bond donors (Lipinski definition) is 0. The van der Waals surface area contributed by atoms with Crippen LogP contribution in [0.15, 0.2) is 138 Å². The summed E-state index contributed by atoms with van der Waals surface area (Å²) < 4.78 is 6.17. The standard InChI is InChI=1S/C36H22BrNS/c37-25-9-7-8-23(20-25)27-10-1-2-11-28(27)24-16-18-30-29-12-3-5-14-33(29)38(34(30)21-24)26-17-19-36-32(22-26)31-13-4-6-15-35(31)39-36/h1-22H. The summed E-state index contributed by atoms with van der Waals surface area (Å²) in [6.07, 6.45) is 0. The third kappa shape index (κ3) is 3.65. The highest BCUT2D eigenvalue weighted by Gasteiger charge is 2.16. The average Bonchev–Trinajstić information content (AvgIpc) is 3.52. The molecule has 0 N–H and O–H groups in total. The van der Waals surface area contributed by atoms with Crippen molar-refractivity contribution in [3.05, 3.63) is 138 Å². The van der Waals surface area contributed by atoms with Crippen molar-refractivity contribution in [3.63, 3.8) is 0 Å². The molecule has 1 nitrogen and oxygen atoms in total. The van der Waals surface area contributed by atoms with E-state index < -0.39 is 0 Å². The van der Waals surface area contributed by atoms with Gasteiger partial charge in [-0.25, -0.2) is 0 Å². The number of hydrogen-bond acceptors (Lipinski definition) is 1. The minimum absolute atomic E-state index is 1.08. The van der Waals surface area contributed by atoms with Gasteiger partial charge in [0.15, 0.2) is 0 Å². The lowest BCUT2D eigenvalue weighted by atomic mass is 9.94. The van der Waals surface area contributed by atoms with Gasteiger partial charge in [0.05, 0.1) is 11.0 Å². The van der Waals surface area contributed by atoms with E-state index in [0.29, 0.717) is 0 Å². The number of aromatic nitrogens is 1. The van der Waals surface area contributed by atoms with E-state index in [1.54, 1.807) is 0 Å². The fraction of sp³-hybridized carbons (Fsp3) is 0. The molecule has 0 aliphatic carbocycles. The van der Waals surface area contributed by atoms with E-state index in [2.05, 4.69) is 154 Å². The van der Waals surface area contributed by atoms with Crippen molar-refractivity contribution in [1.82, 2.24) is 4.57 Å². The summed E-state index contributed by atoms with van der Waals surface area (Å²) in [5.74, 6) is 0. The smallest absolute Gasteiger partial charge is 0.0547 e. The predicted molar refractivity (Wildman–Crippen MR) is 172 cm³/mol. The van der Waals surface area contributed by atoms with Gasteiger partial charge in [0, 0.05) is 41.1 Å². The minimum atomic E-state index is 1.08. The summed E-state index contributed by atoms with van der Waals surface area (Å²) in [6, 6.07) is 48.5. The maximum atomic E-state index is 3.65. The van der Waals surface area contributed by atoms with Crippen LogP contribution in [0.2, 0.25) is 0 Å². The van der Waals surface area contributed by atoms with Gasteiger partial charge in [-0.15, -0.1) is 11.3 Å². The second-order valence-corrected chi connectivity index (χ2v) is 11.9. The van der Waals surface area contributed by atoms with Crippen molar-refractivity contribution in [2.24, 2.45) is 0 Å². The average molecular weight is 581 g/mol. The molecule has 0 aliphatic rings. The number of nitrogens with zero attached hydrogens (tertiary/aromatic N) is 1. The highest BCUT2D eigenvalue weighted by Crippen LogP contribution is 2.40. The van der Waals surface area contributed by atoms with Crippen molar-refractivity contribution in [3.8, 4) is 27.9 Å². The summed E-state index contributed by atoms with van der Waals surface area (Å²) in [5, 5.41) is 5.18.